The first-order chi connectivity index (χ1) is 16.5. The number of nitrogens with zero attached hydrogens (tertiary/aromatic N) is 4. The van der Waals surface area contributed by atoms with Gasteiger partial charge in [-0.05, 0) is 42.1 Å². The second-order valence-corrected chi connectivity index (χ2v) is 9.30. The highest BCUT2D eigenvalue weighted by Gasteiger charge is 2.17. The summed E-state index contributed by atoms with van der Waals surface area (Å²) in [6, 6.07) is 16.2. The number of rotatable bonds is 6. The van der Waals surface area contributed by atoms with Crippen molar-refractivity contribution in [3.8, 4) is 0 Å². The molecule has 0 aliphatic rings. The molecule has 1 N–H and O–H groups in total. The number of benzene rings is 1. The summed E-state index contributed by atoms with van der Waals surface area (Å²) in [7, 11) is 0. The van der Waals surface area contributed by atoms with E-state index in [9.17, 15) is 9.59 Å². The van der Waals surface area contributed by atoms with E-state index < -0.39 is 0 Å². The number of carbonyl (C=O) groups is 1. The molecule has 0 saturated heterocycles. The molecule has 0 radical (unpaired) electrons. The molecule has 7 nitrogen and oxygen atoms in total. The molecule has 0 bridgehead atoms. The second kappa shape index (κ2) is 9.24. The van der Waals surface area contributed by atoms with Crippen LogP contribution < -0.4 is 10.9 Å². The highest BCUT2D eigenvalue weighted by Crippen LogP contribution is 2.22. The number of carbonyl (C=O) groups excluding carboxylic acids is 1. The molecule has 5 rings (SSSR count). The largest absolute Gasteiger partial charge is 0.321 e. The van der Waals surface area contributed by atoms with Crippen LogP contribution in [-0.2, 0) is 13.1 Å². The van der Waals surface area contributed by atoms with Crippen molar-refractivity contribution < 1.29 is 4.79 Å². The molecular formula is C25H20ClN5O2S. The Kier molecular flexibility index (Phi) is 6.00. The lowest BCUT2D eigenvalue weighted by Gasteiger charge is -2.11. The summed E-state index contributed by atoms with van der Waals surface area (Å²) in [6.07, 6.45) is 3.29. The van der Waals surface area contributed by atoms with Gasteiger partial charge < -0.3 is 9.88 Å². The molecule has 4 heterocycles. The van der Waals surface area contributed by atoms with E-state index in [2.05, 4.69) is 15.4 Å². The van der Waals surface area contributed by atoms with Crippen LogP contribution in [0, 0.1) is 6.92 Å². The standard InChI is InChI=1S/C25H20ClN5O2S/c1-16-11-20(21-12-27-31(24(21)28-16)15-19-6-4-10-34-19)25(33)29-18-8-9-23(32)30(14-18)13-17-5-2-3-7-22(17)26/h2-12,14H,13,15H2,1H3,(H,29,33). The van der Waals surface area contributed by atoms with Crippen molar-refractivity contribution in [2.45, 2.75) is 20.0 Å². The van der Waals surface area contributed by atoms with E-state index in [1.165, 1.54) is 10.6 Å². The van der Waals surface area contributed by atoms with Gasteiger partial charge in [0, 0.05) is 27.9 Å². The van der Waals surface area contributed by atoms with Crippen molar-refractivity contribution in [3.63, 3.8) is 0 Å². The Hall–Kier alpha value is -3.75. The molecule has 1 aromatic carbocycles. The lowest BCUT2D eigenvalue weighted by Crippen LogP contribution is -2.21. The van der Waals surface area contributed by atoms with Crippen LogP contribution in [0.25, 0.3) is 11.0 Å². The molecule has 0 spiro atoms. The lowest BCUT2D eigenvalue weighted by molar-refractivity contribution is 0.102. The topological polar surface area (TPSA) is 81.8 Å². The van der Waals surface area contributed by atoms with Gasteiger partial charge in [0.1, 0.15) is 0 Å². The fraction of sp³-hybridized carbons (Fsp3) is 0.120. The summed E-state index contributed by atoms with van der Waals surface area (Å²) in [5.41, 5.74) is 2.99. The van der Waals surface area contributed by atoms with Crippen LogP contribution in [0.5, 0.6) is 0 Å². The summed E-state index contributed by atoms with van der Waals surface area (Å²) < 4.78 is 3.32. The molecule has 0 aliphatic heterocycles. The predicted octanol–water partition coefficient (Wildman–Crippen LogP) is 4.97. The van der Waals surface area contributed by atoms with Crippen LogP contribution >= 0.6 is 22.9 Å². The molecule has 170 valence electrons. The van der Waals surface area contributed by atoms with Gasteiger partial charge in [0.05, 0.1) is 35.9 Å². The van der Waals surface area contributed by atoms with Gasteiger partial charge in [-0.15, -0.1) is 11.3 Å². The van der Waals surface area contributed by atoms with E-state index in [0.717, 1.165) is 10.4 Å². The van der Waals surface area contributed by atoms with Crippen LogP contribution in [0.1, 0.15) is 26.5 Å². The third kappa shape index (κ3) is 4.50. The van der Waals surface area contributed by atoms with Crippen LogP contribution in [0.4, 0.5) is 5.69 Å². The average Bonchev–Trinajstić information content (AvgIpc) is 3.47. The Bertz CT molecular complexity index is 1560. The zero-order valence-corrected chi connectivity index (χ0v) is 19.8. The molecule has 0 atom stereocenters. The fourth-order valence-corrected chi connectivity index (χ4v) is 4.65. The van der Waals surface area contributed by atoms with Crippen LogP contribution in [0.3, 0.4) is 0 Å². The number of hydrogen-bond donors (Lipinski definition) is 1. The summed E-state index contributed by atoms with van der Waals surface area (Å²) in [5.74, 6) is -0.297. The number of nitrogens with one attached hydrogen (secondary N) is 1. The van der Waals surface area contributed by atoms with Gasteiger partial charge in [0.15, 0.2) is 5.65 Å². The molecule has 1 amide bonds. The summed E-state index contributed by atoms with van der Waals surface area (Å²) in [4.78, 5) is 31.4. The number of aryl methyl sites for hydroxylation is 1. The van der Waals surface area contributed by atoms with E-state index in [1.54, 1.807) is 46.6 Å². The number of fused-ring (bicyclic) bond motifs is 1. The van der Waals surface area contributed by atoms with Crippen molar-refractivity contribution in [3.05, 3.63) is 109 Å². The maximum atomic E-state index is 13.2. The predicted molar refractivity (Wildman–Crippen MR) is 135 cm³/mol. The highest BCUT2D eigenvalue weighted by atomic mass is 35.5. The number of hydrogen-bond acceptors (Lipinski definition) is 5. The van der Waals surface area contributed by atoms with E-state index in [-0.39, 0.29) is 11.5 Å². The monoisotopic (exact) mass is 489 g/mol. The maximum absolute atomic E-state index is 13.2. The van der Waals surface area contributed by atoms with Crippen molar-refractivity contribution >= 4 is 45.6 Å². The minimum Gasteiger partial charge on any atom is -0.321 e. The zero-order valence-electron chi connectivity index (χ0n) is 18.2. The Balaban J connectivity index is 1.43. The van der Waals surface area contributed by atoms with Crippen molar-refractivity contribution in [2.24, 2.45) is 0 Å². The minimum absolute atomic E-state index is 0.185. The van der Waals surface area contributed by atoms with Gasteiger partial charge >= 0.3 is 0 Å². The van der Waals surface area contributed by atoms with E-state index in [4.69, 9.17) is 11.6 Å². The molecule has 0 saturated carbocycles. The summed E-state index contributed by atoms with van der Waals surface area (Å²) in [5, 5.41) is 10.6. The Morgan fingerprint density at radius 2 is 1.97 bits per heavy atom. The second-order valence-electron chi connectivity index (χ2n) is 7.86. The third-order valence-corrected chi connectivity index (χ3v) is 6.64. The first kappa shape index (κ1) is 22.1. The number of thiophene rings is 1. The summed E-state index contributed by atoms with van der Waals surface area (Å²) >= 11 is 7.90. The van der Waals surface area contributed by atoms with E-state index in [1.807, 2.05) is 42.6 Å². The molecule has 0 aliphatic carbocycles. The first-order valence-corrected chi connectivity index (χ1v) is 11.8. The van der Waals surface area contributed by atoms with Gasteiger partial charge in [0.2, 0.25) is 0 Å². The molecule has 0 unspecified atom stereocenters. The Morgan fingerprint density at radius 3 is 2.76 bits per heavy atom. The van der Waals surface area contributed by atoms with Gasteiger partial charge in [0.25, 0.3) is 11.5 Å². The third-order valence-electron chi connectivity index (χ3n) is 5.41. The molecule has 5 aromatic rings. The fourth-order valence-electron chi connectivity index (χ4n) is 3.76. The van der Waals surface area contributed by atoms with E-state index >= 15 is 0 Å². The van der Waals surface area contributed by atoms with Crippen molar-refractivity contribution in [1.29, 1.82) is 0 Å². The number of anilines is 1. The normalized spacial score (nSPS) is 11.1. The average molecular weight is 490 g/mol. The molecule has 34 heavy (non-hydrogen) atoms. The van der Waals surface area contributed by atoms with Crippen LogP contribution in [0.2, 0.25) is 5.02 Å². The lowest BCUT2D eigenvalue weighted by atomic mass is 10.1. The quantitative estimate of drug-likeness (QED) is 0.365. The first-order valence-electron chi connectivity index (χ1n) is 10.6. The SMILES string of the molecule is Cc1cc(C(=O)Nc2ccc(=O)n(Cc3ccccc3Cl)c2)c2cnn(Cc3cccs3)c2n1. The van der Waals surface area contributed by atoms with Crippen LogP contribution in [0.15, 0.2) is 77.2 Å². The Labute approximate surface area is 204 Å². The molecular weight excluding hydrogens is 470 g/mol. The van der Waals surface area contributed by atoms with Crippen molar-refractivity contribution in [2.75, 3.05) is 5.32 Å². The number of amides is 1. The summed E-state index contributed by atoms with van der Waals surface area (Å²) in [6.45, 7) is 2.74. The van der Waals surface area contributed by atoms with Gasteiger partial charge in [-0.2, -0.15) is 5.10 Å². The number of pyridine rings is 2. The molecule has 9 heteroatoms. The Morgan fingerprint density at radius 1 is 1.12 bits per heavy atom. The smallest absolute Gasteiger partial charge is 0.256 e. The van der Waals surface area contributed by atoms with Crippen molar-refractivity contribution in [1.82, 2.24) is 19.3 Å². The minimum atomic E-state index is -0.297. The van der Waals surface area contributed by atoms with Gasteiger partial charge in [-0.25, -0.2) is 9.67 Å². The molecule has 0 fully saturated rings. The number of aromatic nitrogens is 4. The van der Waals surface area contributed by atoms with Crippen LogP contribution in [-0.4, -0.2) is 25.2 Å². The zero-order chi connectivity index (χ0) is 23.7. The maximum Gasteiger partial charge on any atom is 0.256 e. The highest BCUT2D eigenvalue weighted by molar-refractivity contribution is 7.09. The van der Waals surface area contributed by atoms with Gasteiger partial charge in [-0.3, -0.25) is 9.59 Å². The van der Waals surface area contributed by atoms with E-state index in [0.29, 0.717) is 46.1 Å². The van der Waals surface area contributed by atoms with Gasteiger partial charge in [-0.1, -0.05) is 35.9 Å². The molecule has 4 aromatic heterocycles. The number of halogens is 1.